The Morgan fingerprint density at radius 3 is 2.52 bits per heavy atom. The Labute approximate surface area is 202 Å². The van der Waals surface area contributed by atoms with Crippen LogP contribution in [0.4, 0.5) is 0 Å². The minimum Gasteiger partial charge on any atom is -0.507 e. The minimum absolute atomic E-state index is 0.158. The van der Waals surface area contributed by atoms with E-state index >= 15 is 0 Å². The van der Waals surface area contributed by atoms with E-state index in [-0.39, 0.29) is 5.75 Å². The molecule has 0 saturated heterocycles. The number of allylic oxidation sites excluding steroid dienone is 1. The molecule has 3 N–H and O–H groups in total. The molecular weight excluding hydrogens is 482 g/mol. The first-order valence-corrected chi connectivity index (χ1v) is 11.5. The van der Waals surface area contributed by atoms with Gasteiger partial charge in [-0.25, -0.2) is 0 Å². The van der Waals surface area contributed by atoms with Gasteiger partial charge in [-0.1, -0.05) is 40.2 Å². The van der Waals surface area contributed by atoms with Gasteiger partial charge in [-0.2, -0.15) is 0 Å². The van der Waals surface area contributed by atoms with Crippen molar-refractivity contribution < 1.29 is 20.1 Å². The molecule has 33 heavy (non-hydrogen) atoms. The van der Waals surface area contributed by atoms with Gasteiger partial charge in [0.1, 0.15) is 11.5 Å². The molecule has 0 spiro atoms. The molecule has 0 radical (unpaired) electrons. The molecule has 3 atom stereocenters. The van der Waals surface area contributed by atoms with Crippen LogP contribution in [0.2, 0.25) is 0 Å². The van der Waals surface area contributed by atoms with Crippen molar-refractivity contribution in [2.75, 3.05) is 7.11 Å². The van der Waals surface area contributed by atoms with Crippen LogP contribution in [0.5, 0.6) is 11.5 Å². The van der Waals surface area contributed by atoms with Crippen LogP contribution in [-0.4, -0.2) is 33.5 Å². The standard InChI is InChI=1S/C27H28BrNO4/c1-3-23(27(32)18-7-11-22(33-2)12-8-18)26(31)13-9-19(24-6-4-5-15-29-24)16-20-17-21(28)10-14-25(20)30/h3-8,10-12,14-17,23,26-27,30-32H,1,9,13H2,2H3/b19-16-/t23-,26-,27-/m1/s1. The summed E-state index contributed by atoms with van der Waals surface area (Å²) in [7, 11) is 1.59. The van der Waals surface area contributed by atoms with Crippen LogP contribution < -0.4 is 4.74 Å². The third-order valence-electron chi connectivity index (χ3n) is 5.56. The number of hydrogen-bond donors (Lipinski definition) is 3. The van der Waals surface area contributed by atoms with Gasteiger partial charge in [-0.3, -0.25) is 4.98 Å². The maximum Gasteiger partial charge on any atom is 0.122 e. The fourth-order valence-electron chi connectivity index (χ4n) is 3.67. The van der Waals surface area contributed by atoms with Gasteiger partial charge in [0.05, 0.1) is 25.0 Å². The summed E-state index contributed by atoms with van der Waals surface area (Å²) < 4.78 is 6.02. The summed E-state index contributed by atoms with van der Waals surface area (Å²) in [4.78, 5) is 4.44. The number of benzene rings is 2. The van der Waals surface area contributed by atoms with E-state index in [4.69, 9.17) is 4.74 Å². The number of pyridine rings is 1. The lowest BCUT2D eigenvalue weighted by atomic mass is 9.87. The molecule has 3 aromatic rings. The van der Waals surface area contributed by atoms with E-state index in [2.05, 4.69) is 27.5 Å². The summed E-state index contributed by atoms with van der Waals surface area (Å²) in [5, 5.41) is 32.1. The highest BCUT2D eigenvalue weighted by molar-refractivity contribution is 9.10. The number of phenolic OH excluding ortho intramolecular Hbond substituents is 1. The molecule has 0 bridgehead atoms. The first-order chi connectivity index (χ1) is 15.9. The third-order valence-corrected chi connectivity index (χ3v) is 6.05. The van der Waals surface area contributed by atoms with Crippen LogP contribution in [0.15, 0.2) is 84.0 Å². The van der Waals surface area contributed by atoms with Crippen molar-refractivity contribution >= 4 is 27.6 Å². The first kappa shape index (κ1) is 24.7. The van der Waals surface area contributed by atoms with E-state index in [0.717, 1.165) is 15.7 Å². The number of nitrogens with zero attached hydrogens (tertiary/aromatic N) is 1. The Hall–Kier alpha value is -2.93. The van der Waals surface area contributed by atoms with Gasteiger partial charge < -0.3 is 20.1 Å². The van der Waals surface area contributed by atoms with Crippen molar-refractivity contribution in [1.82, 2.24) is 4.98 Å². The smallest absolute Gasteiger partial charge is 0.122 e. The topological polar surface area (TPSA) is 82.8 Å². The van der Waals surface area contributed by atoms with Gasteiger partial charge in [0.25, 0.3) is 0 Å². The second kappa shape index (κ2) is 11.8. The van der Waals surface area contributed by atoms with E-state index < -0.39 is 18.1 Å². The first-order valence-electron chi connectivity index (χ1n) is 10.7. The summed E-state index contributed by atoms with van der Waals surface area (Å²) in [6.07, 6.45) is 4.30. The number of aromatic nitrogens is 1. The number of phenols is 1. The molecule has 6 heteroatoms. The average Bonchev–Trinajstić information content (AvgIpc) is 2.84. The molecule has 2 aromatic carbocycles. The number of ether oxygens (including phenoxy) is 1. The number of methoxy groups -OCH3 is 1. The molecule has 0 fully saturated rings. The van der Waals surface area contributed by atoms with Gasteiger partial charge in [-0.05, 0) is 72.5 Å². The monoisotopic (exact) mass is 509 g/mol. The maximum atomic E-state index is 10.9. The fourth-order valence-corrected chi connectivity index (χ4v) is 4.05. The van der Waals surface area contributed by atoms with Gasteiger partial charge in [0.15, 0.2) is 0 Å². The zero-order chi connectivity index (χ0) is 23.8. The zero-order valence-electron chi connectivity index (χ0n) is 18.4. The Morgan fingerprint density at radius 2 is 1.88 bits per heavy atom. The van der Waals surface area contributed by atoms with Crippen molar-refractivity contribution in [3.63, 3.8) is 0 Å². The van der Waals surface area contributed by atoms with Gasteiger partial charge in [-0.15, -0.1) is 6.58 Å². The van der Waals surface area contributed by atoms with Crippen molar-refractivity contribution in [2.24, 2.45) is 5.92 Å². The molecule has 3 rings (SSSR count). The van der Waals surface area contributed by atoms with Crippen LogP contribution in [0.1, 0.15) is 35.8 Å². The van der Waals surface area contributed by atoms with Crippen LogP contribution >= 0.6 is 15.9 Å². The average molecular weight is 510 g/mol. The molecule has 0 aliphatic heterocycles. The van der Waals surface area contributed by atoms with Crippen molar-refractivity contribution in [3.8, 4) is 11.5 Å². The fraction of sp³-hybridized carbons (Fsp3) is 0.222. The van der Waals surface area contributed by atoms with Crippen molar-refractivity contribution in [3.05, 3.63) is 101 Å². The molecular formula is C27H28BrNO4. The number of aromatic hydroxyl groups is 1. The van der Waals surface area contributed by atoms with E-state index in [1.807, 2.05) is 30.3 Å². The number of aliphatic hydroxyl groups excluding tert-OH is 2. The molecule has 1 heterocycles. The van der Waals surface area contributed by atoms with E-state index in [0.29, 0.717) is 29.7 Å². The number of halogens is 1. The summed E-state index contributed by atoms with van der Waals surface area (Å²) in [5.41, 5.74) is 2.96. The maximum absolute atomic E-state index is 10.9. The molecule has 0 aliphatic carbocycles. The molecule has 0 amide bonds. The highest BCUT2D eigenvalue weighted by Gasteiger charge is 2.26. The van der Waals surface area contributed by atoms with Crippen LogP contribution in [-0.2, 0) is 0 Å². The molecule has 172 valence electrons. The quantitative estimate of drug-likeness (QED) is 0.302. The van der Waals surface area contributed by atoms with E-state index in [1.165, 1.54) is 0 Å². The van der Waals surface area contributed by atoms with E-state index in [1.54, 1.807) is 55.8 Å². The molecule has 1 aromatic heterocycles. The second-order valence-electron chi connectivity index (χ2n) is 7.72. The predicted molar refractivity (Wildman–Crippen MR) is 135 cm³/mol. The highest BCUT2D eigenvalue weighted by Crippen LogP contribution is 2.32. The predicted octanol–water partition coefficient (Wildman–Crippen LogP) is 5.78. The number of aliphatic hydroxyl groups is 2. The largest absolute Gasteiger partial charge is 0.507 e. The lowest BCUT2D eigenvalue weighted by Gasteiger charge is -2.25. The Morgan fingerprint density at radius 1 is 1.12 bits per heavy atom. The Balaban J connectivity index is 1.80. The molecule has 0 unspecified atom stereocenters. The van der Waals surface area contributed by atoms with Crippen LogP contribution in [0.3, 0.4) is 0 Å². The SMILES string of the molecule is C=C[C@H]([C@H](O)CC/C(=C/c1cc(Br)ccc1O)c1ccccn1)[C@H](O)c1ccc(OC)cc1. The summed E-state index contributed by atoms with van der Waals surface area (Å²) in [6, 6.07) is 18.0. The Kier molecular flexibility index (Phi) is 8.83. The van der Waals surface area contributed by atoms with Crippen molar-refractivity contribution in [1.29, 1.82) is 0 Å². The molecule has 0 aliphatic rings. The van der Waals surface area contributed by atoms with Crippen molar-refractivity contribution in [2.45, 2.75) is 25.0 Å². The highest BCUT2D eigenvalue weighted by atomic mass is 79.9. The van der Waals surface area contributed by atoms with Gasteiger partial charge in [0, 0.05) is 22.2 Å². The van der Waals surface area contributed by atoms with Crippen LogP contribution in [0, 0.1) is 5.92 Å². The zero-order valence-corrected chi connectivity index (χ0v) is 20.0. The lowest BCUT2D eigenvalue weighted by Crippen LogP contribution is -2.25. The Bertz CT molecular complexity index is 1080. The molecule has 5 nitrogen and oxygen atoms in total. The lowest BCUT2D eigenvalue weighted by molar-refractivity contribution is 0.0325. The summed E-state index contributed by atoms with van der Waals surface area (Å²) >= 11 is 3.44. The number of hydrogen-bond acceptors (Lipinski definition) is 5. The summed E-state index contributed by atoms with van der Waals surface area (Å²) in [5.74, 6) is 0.302. The normalized spacial score (nSPS) is 14.4. The van der Waals surface area contributed by atoms with Gasteiger partial charge >= 0.3 is 0 Å². The second-order valence-corrected chi connectivity index (χ2v) is 8.64. The molecule has 0 saturated carbocycles. The van der Waals surface area contributed by atoms with Crippen LogP contribution in [0.25, 0.3) is 11.6 Å². The van der Waals surface area contributed by atoms with E-state index in [9.17, 15) is 15.3 Å². The summed E-state index contributed by atoms with van der Waals surface area (Å²) in [6.45, 7) is 3.83. The minimum atomic E-state index is -0.903. The third kappa shape index (κ3) is 6.54. The number of rotatable bonds is 10. The van der Waals surface area contributed by atoms with Gasteiger partial charge in [0.2, 0.25) is 0 Å².